The molecule has 0 bridgehead atoms. The third-order valence-electron chi connectivity index (χ3n) is 2.43. The summed E-state index contributed by atoms with van der Waals surface area (Å²) in [5, 5.41) is 17.7. The minimum Gasteiger partial charge on any atom is -0.508 e. The normalized spacial score (nSPS) is 25.5. The van der Waals surface area contributed by atoms with E-state index in [9.17, 15) is 4.79 Å². The molecule has 2 N–H and O–H groups in total. The summed E-state index contributed by atoms with van der Waals surface area (Å²) >= 11 is 0. The van der Waals surface area contributed by atoms with Crippen LogP contribution in [0.4, 0.5) is 0 Å². The summed E-state index contributed by atoms with van der Waals surface area (Å²) in [6, 6.07) is 6.74. The van der Waals surface area contributed by atoms with Gasteiger partial charge >= 0.3 is 5.97 Å². The van der Waals surface area contributed by atoms with Crippen molar-refractivity contribution in [2.75, 3.05) is 0 Å². The maximum Gasteiger partial charge on any atom is 0.307 e. The third kappa shape index (κ3) is 1.49. The van der Waals surface area contributed by atoms with E-state index in [1.165, 1.54) is 0 Å². The van der Waals surface area contributed by atoms with Crippen LogP contribution in [0.2, 0.25) is 0 Å². The highest BCUT2D eigenvalue weighted by Crippen LogP contribution is 2.47. The largest absolute Gasteiger partial charge is 0.508 e. The van der Waals surface area contributed by atoms with Gasteiger partial charge in [0, 0.05) is 0 Å². The molecule has 0 saturated heterocycles. The van der Waals surface area contributed by atoms with E-state index in [0.29, 0.717) is 0 Å². The molecule has 0 aromatic heterocycles. The van der Waals surface area contributed by atoms with Crippen LogP contribution in [0.3, 0.4) is 0 Å². The van der Waals surface area contributed by atoms with Crippen molar-refractivity contribution in [1.29, 1.82) is 0 Å². The Hall–Kier alpha value is -1.51. The van der Waals surface area contributed by atoms with Crippen molar-refractivity contribution < 1.29 is 15.0 Å². The molecule has 68 valence electrons. The molecule has 3 nitrogen and oxygen atoms in total. The lowest BCUT2D eigenvalue weighted by Crippen LogP contribution is -1.98. The van der Waals surface area contributed by atoms with E-state index in [-0.39, 0.29) is 17.6 Å². The van der Waals surface area contributed by atoms with Crippen LogP contribution in [0.25, 0.3) is 0 Å². The number of phenols is 1. The van der Waals surface area contributed by atoms with Gasteiger partial charge in [0.1, 0.15) is 5.75 Å². The number of carboxylic acid groups (broad SMARTS) is 1. The second kappa shape index (κ2) is 2.76. The Kier molecular flexibility index (Phi) is 1.72. The lowest BCUT2D eigenvalue weighted by Gasteiger charge is -1.97. The molecule has 0 heterocycles. The van der Waals surface area contributed by atoms with E-state index in [4.69, 9.17) is 10.2 Å². The predicted molar refractivity (Wildman–Crippen MR) is 46.6 cm³/mol. The molecule has 0 spiro atoms. The first kappa shape index (κ1) is 8.10. The van der Waals surface area contributed by atoms with Crippen LogP contribution >= 0.6 is 0 Å². The van der Waals surface area contributed by atoms with Crippen molar-refractivity contribution in [2.45, 2.75) is 12.3 Å². The maximum atomic E-state index is 10.6. The Balaban J connectivity index is 2.12. The number of phenolic OH excluding ortho intramolecular Hbond substituents is 1. The number of carboxylic acids is 1. The van der Waals surface area contributed by atoms with Crippen LogP contribution in [0.15, 0.2) is 24.3 Å². The molecule has 0 radical (unpaired) electrons. The fourth-order valence-electron chi connectivity index (χ4n) is 1.56. The summed E-state index contributed by atoms with van der Waals surface area (Å²) in [6.07, 6.45) is 0.722. The van der Waals surface area contributed by atoms with Crippen molar-refractivity contribution in [3.05, 3.63) is 29.8 Å². The first-order valence-electron chi connectivity index (χ1n) is 4.20. The fourth-order valence-corrected chi connectivity index (χ4v) is 1.56. The summed E-state index contributed by atoms with van der Waals surface area (Å²) < 4.78 is 0. The van der Waals surface area contributed by atoms with Crippen LogP contribution in [-0.2, 0) is 4.79 Å². The van der Waals surface area contributed by atoms with Gasteiger partial charge in [0.25, 0.3) is 0 Å². The van der Waals surface area contributed by atoms with Gasteiger partial charge in [-0.1, -0.05) is 12.1 Å². The van der Waals surface area contributed by atoms with Crippen LogP contribution in [0, 0.1) is 5.92 Å². The molecule has 1 aliphatic rings. The summed E-state index contributed by atoms with van der Waals surface area (Å²) in [7, 11) is 0. The van der Waals surface area contributed by atoms with E-state index in [1.54, 1.807) is 24.3 Å². The molecule has 2 unspecified atom stereocenters. The van der Waals surface area contributed by atoms with E-state index in [2.05, 4.69) is 0 Å². The van der Waals surface area contributed by atoms with Gasteiger partial charge in [-0.25, -0.2) is 0 Å². The van der Waals surface area contributed by atoms with E-state index in [0.717, 1.165) is 12.0 Å². The molecule has 0 amide bonds. The summed E-state index contributed by atoms with van der Waals surface area (Å²) in [4.78, 5) is 10.6. The van der Waals surface area contributed by atoms with Gasteiger partial charge < -0.3 is 10.2 Å². The van der Waals surface area contributed by atoms with Crippen molar-refractivity contribution in [2.24, 2.45) is 5.92 Å². The third-order valence-corrected chi connectivity index (χ3v) is 2.43. The van der Waals surface area contributed by atoms with Gasteiger partial charge in [-0.3, -0.25) is 4.79 Å². The molecule has 1 fully saturated rings. The molecule has 13 heavy (non-hydrogen) atoms. The lowest BCUT2D eigenvalue weighted by atomic mass is 10.1. The Morgan fingerprint density at radius 3 is 2.38 bits per heavy atom. The molecule has 1 aromatic rings. The van der Waals surface area contributed by atoms with Gasteiger partial charge in [-0.05, 0) is 30.0 Å². The highest BCUT2D eigenvalue weighted by atomic mass is 16.4. The SMILES string of the molecule is O=C(O)C1CC1c1ccc(O)cc1. The molecular weight excluding hydrogens is 168 g/mol. The van der Waals surface area contributed by atoms with Crippen molar-refractivity contribution in [1.82, 2.24) is 0 Å². The minimum atomic E-state index is -0.724. The Labute approximate surface area is 75.6 Å². The van der Waals surface area contributed by atoms with Crippen LogP contribution < -0.4 is 0 Å². The topological polar surface area (TPSA) is 57.5 Å². The smallest absolute Gasteiger partial charge is 0.307 e. The number of aromatic hydroxyl groups is 1. The van der Waals surface area contributed by atoms with Gasteiger partial charge in [-0.15, -0.1) is 0 Å². The Bertz CT molecular complexity index is 329. The van der Waals surface area contributed by atoms with Gasteiger partial charge in [-0.2, -0.15) is 0 Å². The average Bonchev–Trinajstić information content (AvgIpc) is 2.85. The van der Waals surface area contributed by atoms with E-state index in [1.807, 2.05) is 0 Å². The predicted octanol–water partition coefficient (Wildman–Crippen LogP) is 1.58. The summed E-state index contributed by atoms with van der Waals surface area (Å²) in [5.74, 6) is -0.572. The maximum absolute atomic E-state index is 10.6. The van der Waals surface area contributed by atoms with Gasteiger partial charge in [0.2, 0.25) is 0 Å². The number of benzene rings is 1. The molecule has 3 heteroatoms. The van der Waals surface area contributed by atoms with Crippen LogP contribution in [-0.4, -0.2) is 16.2 Å². The zero-order valence-corrected chi connectivity index (χ0v) is 6.97. The number of hydrogen-bond acceptors (Lipinski definition) is 2. The first-order valence-corrected chi connectivity index (χ1v) is 4.20. The zero-order chi connectivity index (χ0) is 9.42. The van der Waals surface area contributed by atoms with Crippen molar-refractivity contribution in [3.63, 3.8) is 0 Å². The molecule has 0 aliphatic heterocycles. The molecule has 1 aliphatic carbocycles. The summed E-state index contributed by atoms with van der Waals surface area (Å²) in [5.41, 5.74) is 1.00. The number of carbonyl (C=O) groups is 1. The van der Waals surface area contributed by atoms with Crippen molar-refractivity contribution in [3.8, 4) is 5.75 Å². The Morgan fingerprint density at radius 2 is 1.92 bits per heavy atom. The number of aliphatic carboxylic acids is 1. The number of hydrogen-bond donors (Lipinski definition) is 2. The average molecular weight is 178 g/mol. The second-order valence-electron chi connectivity index (χ2n) is 3.38. The quantitative estimate of drug-likeness (QED) is 0.722. The van der Waals surface area contributed by atoms with Gasteiger partial charge in [0.05, 0.1) is 5.92 Å². The molecule has 2 atom stereocenters. The number of rotatable bonds is 2. The monoisotopic (exact) mass is 178 g/mol. The van der Waals surface area contributed by atoms with E-state index >= 15 is 0 Å². The second-order valence-corrected chi connectivity index (χ2v) is 3.38. The highest BCUT2D eigenvalue weighted by Gasteiger charge is 2.43. The highest BCUT2D eigenvalue weighted by molar-refractivity contribution is 5.75. The van der Waals surface area contributed by atoms with Crippen LogP contribution in [0.1, 0.15) is 17.9 Å². The van der Waals surface area contributed by atoms with E-state index < -0.39 is 5.97 Å². The molecule has 1 aromatic carbocycles. The summed E-state index contributed by atoms with van der Waals surface area (Å²) in [6.45, 7) is 0. The zero-order valence-electron chi connectivity index (χ0n) is 6.97. The standard InChI is InChI=1S/C10H10O3/c11-7-3-1-6(2-4-7)8-5-9(8)10(12)13/h1-4,8-9,11H,5H2,(H,12,13). The van der Waals surface area contributed by atoms with Crippen LogP contribution in [0.5, 0.6) is 5.75 Å². The molecule has 1 saturated carbocycles. The first-order chi connectivity index (χ1) is 6.18. The molecule has 2 rings (SSSR count). The Morgan fingerprint density at radius 1 is 1.31 bits per heavy atom. The minimum absolute atomic E-state index is 0.151. The fraction of sp³-hybridized carbons (Fsp3) is 0.300. The molecular formula is C10H10O3. The van der Waals surface area contributed by atoms with Crippen molar-refractivity contribution >= 4 is 5.97 Å². The van der Waals surface area contributed by atoms with Gasteiger partial charge in [0.15, 0.2) is 0 Å². The lowest BCUT2D eigenvalue weighted by molar-refractivity contribution is -0.138.